The van der Waals surface area contributed by atoms with Gasteiger partial charge in [0.2, 0.25) is 0 Å². The van der Waals surface area contributed by atoms with Crippen molar-refractivity contribution in [1.82, 2.24) is 4.57 Å². The maximum absolute atomic E-state index is 12.7. The molecule has 1 heterocycles. The number of nitrogens with zero attached hydrogens (tertiary/aromatic N) is 1. The average Bonchev–Trinajstić information content (AvgIpc) is 2.50. The molecule has 1 N–H and O–H groups in total. The zero-order valence-electron chi connectivity index (χ0n) is 11.5. The van der Waals surface area contributed by atoms with Crippen LogP contribution in [-0.2, 0) is 11.3 Å². The van der Waals surface area contributed by atoms with Crippen molar-refractivity contribution < 1.29 is 9.90 Å². The fourth-order valence-electron chi connectivity index (χ4n) is 2.46. The number of hydrogen-bond donors (Lipinski definition) is 1. The Bertz CT molecular complexity index is 913. The van der Waals surface area contributed by atoms with Gasteiger partial charge in [0.05, 0.1) is 5.52 Å². The number of carboxylic acid groups (broad SMARTS) is 1. The van der Waals surface area contributed by atoms with Gasteiger partial charge in [0.15, 0.2) is 0 Å². The summed E-state index contributed by atoms with van der Waals surface area (Å²) in [4.78, 5) is 23.8. The summed E-state index contributed by atoms with van der Waals surface area (Å²) in [6.07, 6.45) is 0. The minimum absolute atomic E-state index is 0.330. The molecular formula is C17H12ClNO3. The van der Waals surface area contributed by atoms with Crippen LogP contribution in [-0.4, -0.2) is 15.6 Å². The Balaban J connectivity index is 2.31. The number of rotatable bonds is 3. The van der Waals surface area contributed by atoms with E-state index in [4.69, 9.17) is 16.7 Å². The van der Waals surface area contributed by atoms with Crippen LogP contribution in [0.4, 0.5) is 0 Å². The fourth-order valence-corrected chi connectivity index (χ4v) is 2.58. The van der Waals surface area contributed by atoms with Crippen molar-refractivity contribution in [1.29, 1.82) is 0 Å². The summed E-state index contributed by atoms with van der Waals surface area (Å²) in [7, 11) is 0. The van der Waals surface area contributed by atoms with Crippen molar-refractivity contribution in [3.63, 3.8) is 0 Å². The summed E-state index contributed by atoms with van der Waals surface area (Å²) >= 11 is 5.87. The zero-order valence-corrected chi connectivity index (χ0v) is 12.2. The highest BCUT2D eigenvalue weighted by Crippen LogP contribution is 2.22. The molecule has 1 aromatic heterocycles. The number of pyridine rings is 1. The van der Waals surface area contributed by atoms with Gasteiger partial charge in [0.25, 0.3) is 5.56 Å². The molecule has 110 valence electrons. The van der Waals surface area contributed by atoms with Gasteiger partial charge in [-0.05, 0) is 35.2 Å². The molecule has 3 rings (SSSR count). The largest absolute Gasteiger partial charge is 0.480 e. The van der Waals surface area contributed by atoms with Gasteiger partial charge < -0.3 is 5.11 Å². The second kappa shape index (κ2) is 5.66. The van der Waals surface area contributed by atoms with Crippen molar-refractivity contribution in [2.24, 2.45) is 0 Å². The van der Waals surface area contributed by atoms with Crippen molar-refractivity contribution in [3.8, 4) is 11.1 Å². The molecule has 0 atom stereocenters. The molecule has 22 heavy (non-hydrogen) atoms. The summed E-state index contributed by atoms with van der Waals surface area (Å²) in [6, 6.07) is 15.9. The van der Waals surface area contributed by atoms with E-state index < -0.39 is 5.97 Å². The van der Waals surface area contributed by atoms with E-state index in [9.17, 15) is 9.59 Å². The van der Waals surface area contributed by atoms with Crippen LogP contribution in [0.15, 0.2) is 59.4 Å². The van der Waals surface area contributed by atoms with Crippen molar-refractivity contribution in [2.45, 2.75) is 6.54 Å². The van der Waals surface area contributed by atoms with Crippen LogP contribution >= 0.6 is 11.6 Å². The zero-order chi connectivity index (χ0) is 15.7. The molecule has 0 saturated carbocycles. The van der Waals surface area contributed by atoms with Gasteiger partial charge in [-0.3, -0.25) is 14.2 Å². The van der Waals surface area contributed by atoms with Crippen LogP contribution in [0.2, 0.25) is 5.02 Å². The number of para-hydroxylation sites is 1. The van der Waals surface area contributed by atoms with E-state index in [0.717, 1.165) is 5.39 Å². The van der Waals surface area contributed by atoms with Crippen LogP contribution in [0.1, 0.15) is 0 Å². The first-order chi connectivity index (χ1) is 10.6. The van der Waals surface area contributed by atoms with Crippen molar-refractivity contribution in [2.75, 3.05) is 0 Å². The van der Waals surface area contributed by atoms with E-state index in [1.165, 1.54) is 4.57 Å². The van der Waals surface area contributed by atoms with E-state index >= 15 is 0 Å². The van der Waals surface area contributed by atoms with Gasteiger partial charge in [-0.15, -0.1) is 0 Å². The van der Waals surface area contributed by atoms with E-state index in [0.29, 0.717) is 21.7 Å². The van der Waals surface area contributed by atoms with Crippen LogP contribution in [0.5, 0.6) is 0 Å². The van der Waals surface area contributed by atoms with Crippen LogP contribution in [0.3, 0.4) is 0 Å². The maximum Gasteiger partial charge on any atom is 0.323 e. The second-order valence-corrected chi connectivity index (χ2v) is 5.35. The normalized spacial score (nSPS) is 10.8. The monoisotopic (exact) mass is 313 g/mol. The van der Waals surface area contributed by atoms with Gasteiger partial charge in [0, 0.05) is 10.6 Å². The van der Waals surface area contributed by atoms with Gasteiger partial charge in [-0.25, -0.2) is 0 Å². The van der Waals surface area contributed by atoms with Gasteiger partial charge >= 0.3 is 5.97 Å². The summed E-state index contributed by atoms with van der Waals surface area (Å²) < 4.78 is 1.28. The number of aliphatic carboxylic acids is 1. The lowest BCUT2D eigenvalue weighted by atomic mass is 10.0. The standard InChI is InChI=1S/C17H12ClNO3/c18-13-7-5-11(6-8-13)14-9-12-3-1-2-4-15(12)19(17(14)22)10-16(20)21/h1-9H,10H2,(H,20,21). The first-order valence-electron chi connectivity index (χ1n) is 6.66. The molecule has 0 spiro atoms. The Morgan fingerprint density at radius 1 is 1.09 bits per heavy atom. The summed E-state index contributed by atoms with van der Waals surface area (Å²) in [5.74, 6) is -1.06. The molecular weight excluding hydrogens is 302 g/mol. The molecule has 0 amide bonds. The number of fused-ring (bicyclic) bond motifs is 1. The summed E-state index contributed by atoms with van der Waals surface area (Å²) in [5.41, 5.74) is 1.44. The highest BCUT2D eigenvalue weighted by Gasteiger charge is 2.12. The lowest BCUT2D eigenvalue weighted by Crippen LogP contribution is -2.25. The number of carboxylic acids is 1. The maximum atomic E-state index is 12.7. The Morgan fingerprint density at radius 2 is 1.77 bits per heavy atom. The molecule has 0 radical (unpaired) electrons. The Labute approximate surface area is 131 Å². The predicted octanol–water partition coefficient (Wildman–Crippen LogP) is 3.41. The van der Waals surface area contributed by atoms with Crippen LogP contribution < -0.4 is 5.56 Å². The number of halogens is 1. The molecule has 0 fully saturated rings. The molecule has 0 unspecified atom stereocenters. The van der Waals surface area contributed by atoms with E-state index in [-0.39, 0.29) is 12.1 Å². The number of hydrogen-bond acceptors (Lipinski definition) is 2. The molecule has 0 aliphatic heterocycles. The van der Waals surface area contributed by atoms with Crippen molar-refractivity contribution in [3.05, 3.63) is 70.0 Å². The fraction of sp³-hybridized carbons (Fsp3) is 0.0588. The highest BCUT2D eigenvalue weighted by atomic mass is 35.5. The summed E-state index contributed by atoms with van der Waals surface area (Å²) in [5, 5.41) is 10.5. The average molecular weight is 314 g/mol. The first-order valence-corrected chi connectivity index (χ1v) is 7.04. The van der Waals surface area contributed by atoms with E-state index in [1.807, 2.05) is 12.1 Å². The van der Waals surface area contributed by atoms with E-state index in [1.54, 1.807) is 42.5 Å². The molecule has 0 bridgehead atoms. The van der Waals surface area contributed by atoms with Crippen molar-refractivity contribution >= 4 is 28.5 Å². The third kappa shape index (κ3) is 2.61. The topological polar surface area (TPSA) is 59.3 Å². The third-order valence-electron chi connectivity index (χ3n) is 3.45. The Kier molecular flexibility index (Phi) is 3.69. The number of aromatic nitrogens is 1. The quantitative estimate of drug-likeness (QED) is 0.806. The minimum atomic E-state index is -1.06. The van der Waals surface area contributed by atoms with Gasteiger partial charge in [-0.2, -0.15) is 0 Å². The highest BCUT2D eigenvalue weighted by molar-refractivity contribution is 6.30. The van der Waals surface area contributed by atoms with Gasteiger partial charge in [0.1, 0.15) is 6.54 Å². The number of benzene rings is 2. The van der Waals surface area contributed by atoms with Crippen LogP contribution in [0, 0.1) is 0 Å². The molecule has 0 saturated heterocycles. The predicted molar refractivity (Wildman–Crippen MR) is 86.3 cm³/mol. The second-order valence-electron chi connectivity index (χ2n) is 4.91. The van der Waals surface area contributed by atoms with Gasteiger partial charge in [-0.1, -0.05) is 41.9 Å². The lowest BCUT2D eigenvalue weighted by molar-refractivity contribution is -0.137. The first kappa shape index (κ1) is 14.4. The third-order valence-corrected chi connectivity index (χ3v) is 3.70. The SMILES string of the molecule is O=C(O)Cn1c(=O)c(-c2ccc(Cl)cc2)cc2ccccc21. The number of carbonyl (C=O) groups is 1. The molecule has 5 heteroatoms. The molecule has 2 aromatic carbocycles. The lowest BCUT2D eigenvalue weighted by Gasteiger charge is -2.11. The molecule has 4 nitrogen and oxygen atoms in total. The molecule has 3 aromatic rings. The molecule has 0 aliphatic carbocycles. The Morgan fingerprint density at radius 3 is 2.45 bits per heavy atom. The van der Waals surface area contributed by atoms with E-state index in [2.05, 4.69) is 0 Å². The smallest absolute Gasteiger partial charge is 0.323 e. The Hall–Kier alpha value is -2.59. The molecule has 0 aliphatic rings. The minimum Gasteiger partial charge on any atom is -0.480 e. The van der Waals surface area contributed by atoms with Crippen LogP contribution in [0.25, 0.3) is 22.0 Å². The summed E-state index contributed by atoms with van der Waals surface area (Å²) in [6.45, 7) is -0.374.